The van der Waals surface area contributed by atoms with E-state index >= 15 is 0 Å². The van der Waals surface area contributed by atoms with Gasteiger partial charge in [0, 0.05) is 12.3 Å². The highest BCUT2D eigenvalue weighted by Crippen LogP contribution is 2.12. The second-order valence-corrected chi connectivity index (χ2v) is 5.26. The fourth-order valence-electron chi connectivity index (χ4n) is 1.29. The molecular weight excluding hydrogens is 276 g/mol. The molecule has 1 aliphatic rings. The number of hydrogen-bond donors (Lipinski definition) is 3. The summed E-state index contributed by atoms with van der Waals surface area (Å²) in [7, 11) is 0. The smallest absolute Gasteiger partial charge is 0.405 e. The van der Waals surface area contributed by atoms with Gasteiger partial charge in [-0.1, -0.05) is 13.8 Å². The van der Waals surface area contributed by atoms with Gasteiger partial charge in [-0.05, 0) is 27.3 Å². The van der Waals surface area contributed by atoms with Crippen LogP contribution in [0.4, 0.5) is 4.79 Å². The molecule has 0 aromatic heterocycles. The topological polar surface area (TPSA) is 117 Å². The van der Waals surface area contributed by atoms with Gasteiger partial charge in [-0.3, -0.25) is 0 Å². The number of amides is 1. The first kappa shape index (κ1) is 22.4. The Balaban J connectivity index is 0. The molecule has 1 fully saturated rings. The molecule has 0 atom stereocenters. The summed E-state index contributed by atoms with van der Waals surface area (Å²) < 4.78 is 15.1. The monoisotopic (exact) mass is 308 g/mol. The van der Waals surface area contributed by atoms with Crippen molar-refractivity contribution in [2.24, 2.45) is 17.4 Å². The van der Waals surface area contributed by atoms with Crippen molar-refractivity contribution in [2.75, 3.05) is 26.4 Å². The minimum atomic E-state index is -0.725. The zero-order valence-corrected chi connectivity index (χ0v) is 13.9. The molecule has 128 valence electrons. The van der Waals surface area contributed by atoms with E-state index in [1.165, 1.54) is 0 Å². The van der Waals surface area contributed by atoms with Crippen molar-refractivity contribution in [3.63, 3.8) is 0 Å². The Morgan fingerprint density at radius 3 is 2.00 bits per heavy atom. The highest BCUT2D eigenvalue weighted by atomic mass is 16.7. The molecule has 0 spiro atoms. The molecule has 0 aromatic rings. The molecule has 1 amide bonds. The highest BCUT2D eigenvalue weighted by Gasteiger charge is 2.20. The highest BCUT2D eigenvalue weighted by molar-refractivity contribution is 5.65. The predicted octanol–water partition coefficient (Wildman–Crippen LogP) is 1.22. The van der Waals surface area contributed by atoms with Gasteiger partial charge in [-0.25, -0.2) is 4.79 Å². The fourth-order valence-corrected chi connectivity index (χ4v) is 1.29. The molecule has 5 N–H and O–H groups in total. The van der Waals surface area contributed by atoms with Crippen LogP contribution < -0.4 is 11.5 Å². The van der Waals surface area contributed by atoms with Crippen molar-refractivity contribution >= 4 is 6.09 Å². The molecule has 0 saturated carbocycles. The van der Waals surface area contributed by atoms with Crippen molar-refractivity contribution < 1.29 is 24.1 Å². The molecule has 0 aromatic carbocycles. The summed E-state index contributed by atoms with van der Waals surface area (Å²) in [5, 5.41) is 8.72. The molecule has 1 saturated heterocycles. The standard InChI is InChI=1S/C7H15NO3.C5H11NO2.C2H6/c8-2-1-7-10-4-6(3-9)5-11-7;1-5(2,3)8-4(6)7;1-2/h6-7,9H,1-5,8H2;1-3H3,(H2,6,7);1-2H3. The minimum Gasteiger partial charge on any atom is -0.444 e. The van der Waals surface area contributed by atoms with Crippen LogP contribution in [-0.4, -0.2) is 49.5 Å². The molecular formula is C14H32N2O5. The maximum atomic E-state index is 10.0. The van der Waals surface area contributed by atoms with Gasteiger partial charge in [0.15, 0.2) is 6.29 Å². The zero-order valence-electron chi connectivity index (χ0n) is 13.9. The summed E-state index contributed by atoms with van der Waals surface area (Å²) in [5.41, 5.74) is 9.58. The number of aliphatic hydroxyl groups excluding tert-OH is 1. The lowest BCUT2D eigenvalue weighted by atomic mass is 10.2. The van der Waals surface area contributed by atoms with Gasteiger partial charge in [0.25, 0.3) is 0 Å². The van der Waals surface area contributed by atoms with Crippen LogP contribution >= 0.6 is 0 Å². The molecule has 0 radical (unpaired) electrons. The first-order chi connectivity index (χ1) is 9.78. The van der Waals surface area contributed by atoms with Gasteiger partial charge in [0.1, 0.15) is 5.60 Å². The Bertz CT molecular complexity index is 248. The number of nitrogens with two attached hydrogens (primary N) is 2. The summed E-state index contributed by atoms with van der Waals surface area (Å²) in [4.78, 5) is 10.0. The molecule has 7 nitrogen and oxygen atoms in total. The van der Waals surface area contributed by atoms with Gasteiger partial charge >= 0.3 is 6.09 Å². The Hall–Kier alpha value is -0.890. The SMILES string of the molecule is CC.CC(C)(C)OC(N)=O.NCCC1OCC(CO)CO1. The summed E-state index contributed by atoms with van der Waals surface area (Å²) in [6, 6.07) is 0. The molecule has 7 heteroatoms. The van der Waals surface area contributed by atoms with Gasteiger partial charge < -0.3 is 30.8 Å². The van der Waals surface area contributed by atoms with E-state index in [1.807, 2.05) is 13.8 Å². The van der Waals surface area contributed by atoms with E-state index in [1.54, 1.807) is 20.8 Å². The summed E-state index contributed by atoms with van der Waals surface area (Å²) >= 11 is 0. The quantitative estimate of drug-likeness (QED) is 0.721. The van der Waals surface area contributed by atoms with Crippen LogP contribution in [-0.2, 0) is 14.2 Å². The fraction of sp³-hybridized carbons (Fsp3) is 0.929. The van der Waals surface area contributed by atoms with Gasteiger partial charge in [0.05, 0.1) is 19.8 Å². The predicted molar refractivity (Wildman–Crippen MR) is 81.7 cm³/mol. The molecule has 0 unspecified atom stereocenters. The Morgan fingerprint density at radius 1 is 1.29 bits per heavy atom. The lowest BCUT2D eigenvalue weighted by Gasteiger charge is -2.27. The van der Waals surface area contributed by atoms with E-state index in [0.29, 0.717) is 19.8 Å². The third-order valence-electron chi connectivity index (χ3n) is 2.10. The number of ether oxygens (including phenoxy) is 3. The third-order valence-corrected chi connectivity index (χ3v) is 2.10. The van der Waals surface area contributed by atoms with E-state index in [2.05, 4.69) is 4.74 Å². The first-order valence-electron chi connectivity index (χ1n) is 7.31. The number of hydrogen-bond acceptors (Lipinski definition) is 6. The summed E-state index contributed by atoms with van der Waals surface area (Å²) in [6.45, 7) is 11.2. The molecule has 0 aliphatic carbocycles. The van der Waals surface area contributed by atoms with Crippen molar-refractivity contribution in [3.05, 3.63) is 0 Å². The van der Waals surface area contributed by atoms with Crippen LogP contribution in [0.2, 0.25) is 0 Å². The normalized spacial score (nSPS) is 21.3. The van der Waals surface area contributed by atoms with Crippen LogP contribution in [0.25, 0.3) is 0 Å². The second kappa shape index (κ2) is 12.8. The molecule has 1 rings (SSSR count). The zero-order chi connectivity index (χ0) is 16.9. The van der Waals surface area contributed by atoms with Gasteiger partial charge in [-0.15, -0.1) is 0 Å². The largest absolute Gasteiger partial charge is 0.444 e. The van der Waals surface area contributed by atoms with E-state index in [4.69, 9.17) is 26.0 Å². The van der Waals surface area contributed by atoms with Crippen LogP contribution in [0.1, 0.15) is 41.0 Å². The Kier molecular flexibility index (Phi) is 13.7. The van der Waals surface area contributed by atoms with Crippen molar-refractivity contribution in [1.82, 2.24) is 0 Å². The summed E-state index contributed by atoms with van der Waals surface area (Å²) in [6.07, 6.45) is -0.140. The maximum absolute atomic E-state index is 10.0. The van der Waals surface area contributed by atoms with Crippen molar-refractivity contribution in [2.45, 2.75) is 52.9 Å². The molecule has 21 heavy (non-hydrogen) atoms. The van der Waals surface area contributed by atoms with Crippen LogP contribution in [0, 0.1) is 5.92 Å². The average Bonchev–Trinajstić information content (AvgIpc) is 2.40. The number of rotatable bonds is 3. The molecule has 1 aliphatic heterocycles. The minimum absolute atomic E-state index is 0.134. The van der Waals surface area contributed by atoms with Crippen LogP contribution in [0.15, 0.2) is 0 Å². The number of primary amides is 1. The van der Waals surface area contributed by atoms with Gasteiger partial charge in [0.2, 0.25) is 0 Å². The molecule has 0 bridgehead atoms. The first-order valence-corrected chi connectivity index (χ1v) is 7.31. The maximum Gasteiger partial charge on any atom is 0.405 e. The number of aliphatic hydroxyl groups is 1. The lowest BCUT2D eigenvalue weighted by Crippen LogP contribution is -2.34. The van der Waals surface area contributed by atoms with Crippen LogP contribution in [0.5, 0.6) is 0 Å². The molecule has 1 heterocycles. The third kappa shape index (κ3) is 15.3. The summed E-state index contributed by atoms with van der Waals surface area (Å²) in [5.74, 6) is 0.143. The van der Waals surface area contributed by atoms with Crippen molar-refractivity contribution in [1.29, 1.82) is 0 Å². The second-order valence-electron chi connectivity index (χ2n) is 5.26. The number of carbonyl (C=O) groups is 1. The number of carbonyl (C=O) groups excluding carboxylic acids is 1. The van der Waals surface area contributed by atoms with E-state index in [0.717, 1.165) is 6.42 Å². The average molecular weight is 308 g/mol. The van der Waals surface area contributed by atoms with E-state index in [9.17, 15) is 4.79 Å². The lowest BCUT2D eigenvalue weighted by molar-refractivity contribution is -0.206. The van der Waals surface area contributed by atoms with Gasteiger partial charge in [-0.2, -0.15) is 0 Å². The van der Waals surface area contributed by atoms with Crippen molar-refractivity contribution in [3.8, 4) is 0 Å². The van der Waals surface area contributed by atoms with Crippen LogP contribution in [0.3, 0.4) is 0 Å². The van der Waals surface area contributed by atoms with E-state index in [-0.39, 0.29) is 18.8 Å². The Morgan fingerprint density at radius 2 is 1.76 bits per heavy atom. The van der Waals surface area contributed by atoms with E-state index < -0.39 is 11.7 Å². The Labute approximate surface area is 127 Å².